The number of esters is 1. The van der Waals surface area contributed by atoms with Crippen LogP contribution in [0.2, 0.25) is 0 Å². The van der Waals surface area contributed by atoms with Crippen molar-refractivity contribution in [3.05, 3.63) is 83.7 Å². The molecule has 0 aliphatic rings. The smallest absolute Gasteiger partial charge is 0.337 e. The van der Waals surface area contributed by atoms with Crippen molar-refractivity contribution in [2.45, 2.75) is 0 Å². The maximum Gasteiger partial charge on any atom is 0.337 e. The number of carbonyl (C=O) groups is 2. The molecule has 3 rings (SSSR count). The molecule has 3 aromatic rings. The molecule has 0 fully saturated rings. The highest BCUT2D eigenvalue weighted by atomic mass is 19.1. The van der Waals surface area contributed by atoms with Crippen molar-refractivity contribution >= 4 is 28.9 Å². The number of nitrogens with zero attached hydrogens (tertiary/aromatic N) is 1. The molecule has 28 heavy (non-hydrogen) atoms. The topological polar surface area (TPSA) is 80.3 Å². The first-order chi connectivity index (χ1) is 13.5. The maximum atomic E-state index is 13.8. The van der Waals surface area contributed by atoms with Crippen LogP contribution < -0.4 is 10.6 Å². The van der Waals surface area contributed by atoms with E-state index in [4.69, 9.17) is 0 Å². The van der Waals surface area contributed by atoms with Gasteiger partial charge in [-0.3, -0.25) is 9.78 Å². The number of amides is 1. The zero-order valence-electron chi connectivity index (χ0n) is 14.7. The van der Waals surface area contributed by atoms with Gasteiger partial charge in [-0.2, -0.15) is 0 Å². The number of carbonyl (C=O) groups excluding carboxylic acids is 2. The highest BCUT2D eigenvalue weighted by molar-refractivity contribution is 6.05. The fourth-order valence-corrected chi connectivity index (χ4v) is 2.42. The number of anilines is 3. The van der Waals surface area contributed by atoms with Gasteiger partial charge in [0.2, 0.25) is 0 Å². The summed E-state index contributed by atoms with van der Waals surface area (Å²) in [5, 5.41) is 5.39. The second kappa shape index (κ2) is 8.26. The third-order valence-electron chi connectivity index (χ3n) is 3.75. The van der Waals surface area contributed by atoms with Crippen LogP contribution in [0, 0.1) is 11.6 Å². The minimum absolute atomic E-state index is 0.0477. The molecule has 1 amide bonds. The molecule has 2 N–H and O–H groups in total. The zero-order valence-corrected chi connectivity index (χ0v) is 14.7. The molecular weight excluding hydrogens is 368 g/mol. The van der Waals surface area contributed by atoms with E-state index in [1.165, 1.54) is 37.7 Å². The Morgan fingerprint density at radius 2 is 1.75 bits per heavy atom. The van der Waals surface area contributed by atoms with E-state index in [-0.39, 0.29) is 11.3 Å². The van der Waals surface area contributed by atoms with Gasteiger partial charge in [0.15, 0.2) is 0 Å². The highest BCUT2D eigenvalue weighted by Crippen LogP contribution is 2.21. The van der Waals surface area contributed by atoms with Gasteiger partial charge in [-0.1, -0.05) is 6.07 Å². The van der Waals surface area contributed by atoms with E-state index in [1.807, 2.05) is 0 Å². The van der Waals surface area contributed by atoms with Gasteiger partial charge in [0.25, 0.3) is 5.91 Å². The van der Waals surface area contributed by atoms with Gasteiger partial charge in [-0.25, -0.2) is 13.6 Å². The Bertz CT molecular complexity index is 1040. The summed E-state index contributed by atoms with van der Waals surface area (Å²) in [6.07, 6.45) is 2.74. The number of hydrogen-bond acceptors (Lipinski definition) is 5. The Morgan fingerprint density at radius 3 is 2.50 bits per heavy atom. The molecule has 8 heteroatoms. The molecule has 0 aliphatic heterocycles. The predicted molar refractivity (Wildman–Crippen MR) is 99.6 cm³/mol. The molecule has 0 bridgehead atoms. The summed E-state index contributed by atoms with van der Waals surface area (Å²) in [6.45, 7) is 0. The van der Waals surface area contributed by atoms with Gasteiger partial charge in [-0.15, -0.1) is 0 Å². The lowest BCUT2D eigenvalue weighted by molar-refractivity contribution is 0.0600. The van der Waals surface area contributed by atoms with Crippen molar-refractivity contribution in [2.75, 3.05) is 17.7 Å². The number of benzene rings is 2. The van der Waals surface area contributed by atoms with E-state index < -0.39 is 23.5 Å². The second-order valence-electron chi connectivity index (χ2n) is 5.74. The van der Waals surface area contributed by atoms with Crippen molar-refractivity contribution < 1.29 is 23.1 Å². The van der Waals surface area contributed by atoms with Crippen molar-refractivity contribution in [2.24, 2.45) is 0 Å². The lowest BCUT2D eigenvalue weighted by atomic mass is 10.2. The molecule has 0 radical (unpaired) electrons. The molecule has 1 aromatic heterocycles. The number of nitrogens with one attached hydrogen (secondary N) is 2. The molecule has 6 nitrogen and oxygen atoms in total. The Labute approximate surface area is 159 Å². The Morgan fingerprint density at radius 1 is 0.964 bits per heavy atom. The Hall–Kier alpha value is -3.81. The van der Waals surface area contributed by atoms with Crippen LogP contribution in [0.4, 0.5) is 25.8 Å². The van der Waals surface area contributed by atoms with Crippen molar-refractivity contribution in [3.8, 4) is 0 Å². The highest BCUT2D eigenvalue weighted by Gasteiger charge is 2.11. The third-order valence-corrected chi connectivity index (χ3v) is 3.75. The number of rotatable bonds is 5. The predicted octanol–water partition coefficient (Wildman–Crippen LogP) is 4.14. The SMILES string of the molecule is COC(=O)c1cccc(NC(=O)c2cncc(Nc3ccc(F)cc3F)c2)c1. The second-order valence-corrected chi connectivity index (χ2v) is 5.74. The average molecular weight is 383 g/mol. The van der Waals surface area contributed by atoms with E-state index in [9.17, 15) is 18.4 Å². The number of methoxy groups -OCH3 is 1. The Balaban J connectivity index is 1.76. The van der Waals surface area contributed by atoms with E-state index in [1.54, 1.807) is 18.2 Å². The molecule has 1 heterocycles. The van der Waals surface area contributed by atoms with Crippen LogP contribution in [-0.2, 0) is 4.74 Å². The Kier molecular flexibility index (Phi) is 5.59. The average Bonchev–Trinajstić information content (AvgIpc) is 2.70. The maximum absolute atomic E-state index is 13.8. The summed E-state index contributed by atoms with van der Waals surface area (Å²) in [6, 6.07) is 10.8. The lowest BCUT2D eigenvalue weighted by Crippen LogP contribution is -2.13. The van der Waals surface area contributed by atoms with E-state index in [0.29, 0.717) is 16.9 Å². The monoisotopic (exact) mass is 383 g/mol. The van der Waals surface area contributed by atoms with Gasteiger partial charge in [0.05, 0.1) is 35.8 Å². The van der Waals surface area contributed by atoms with Crippen LogP contribution in [-0.4, -0.2) is 24.0 Å². The number of aromatic nitrogens is 1. The standard InChI is InChI=1S/C20H15F2N3O3/c1-28-20(27)12-3-2-4-15(7-12)25-19(26)13-8-16(11-23-10-13)24-18-6-5-14(21)9-17(18)22/h2-11,24H,1H3,(H,25,26). The first-order valence-electron chi connectivity index (χ1n) is 8.13. The lowest BCUT2D eigenvalue weighted by Gasteiger charge is -2.10. The molecule has 0 unspecified atom stereocenters. The van der Waals surface area contributed by atoms with Crippen LogP contribution in [0.3, 0.4) is 0 Å². The minimum Gasteiger partial charge on any atom is -0.465 e. The number of pyridine rings is 1. The first-order valence-corrected chi connectivity index (χ1v) is 8.13. The summed E-state index contributed by atoms with van der Waals surface area (Å²) in [5.41, 5.74) is 1.29. The van der Waals surface area contributed by atoms with E-state index in [0.717, 1.165) is 12.1 Å². The molecule has 0 saturated carbocycles. The van der Waals surface area contributed by atoms with Crippen LogP contribution in [0.5, 0.6) is 0 Å². The van der Waals surface area contributed by atoms with Gasteiger partial charge >= 0.3 is 5.97 Å². The molecule has 0 aliphatic carbocycles. The molecular formula is C20H15F2N3O3. The van der Waals surface area contributed by atoms with Crippen LogP contribution in [0.15, 0.2) is 60.9 Å². The summed E-state index contributed by atoms with van der Waals surface area (Å²) >= 11 is 0. The molecule has 0 saturated heterocycles. The molecule has 142 valence electrons. The van der Waals surface area contributed by atoms with Crippen LogP contribution in [0.25, 0.3) is 0 Å². The van der Waals surface area contributed by atoms with Crippen molar-refractivity contribution in [3.63, 3.8) is 0 Å². The van der Waals surface area contributed by atoms with Crippen molar-refractivity contribution in [1.82, 2.24) is 4.98 Å². The quantitative estimate of drug-likeness (QED) is 0.647. The largest absolute Gasteiger partial charge is 0.465 e. The summed E-state index contributed by atoms with van der Waals surface area (Å²) in [5.74, 6) is -2.46. The fourth-order valence-electron chi connectivity index (χ4n) is 2.42. The normalized spacial score (nSPS) is 10.2. The van der Waals surface area contributed by atoms with Crippen LogP contribution >= 0.6 is 0 Å². The zero-order chi connectivity index (χ0) is 20.1. The number of ether oxygens (including phenoxy) is 1. The molecule has 2 aromatic carbocycles. The summed E-state index contributed by atoms with van der Waals surface area (Å²) in [7, 11) is 1.27. The minimum atomic E-state index is -0.769. The summed E-state index contributed by atoms with van der Waals surface area (Å²) < 4.78 is 31.4. The van der Waals surface area contributed by atoms with Gasteiger partial charge in [0.1, 0.15) is 11.6 Å². The van der Waals surface area contributed by atoms with E-state index >= 15 is 0 Å². The first kappa shape index (κ1) is 19.0. The molecule has 0 spiro atoms. The van der Waals surface area contributed by atoms with E-state index in [2.05, 4.69) is 20.4 Å². The fraction of sp³-hybridized carbons (Fsp3) is 0.0500. The molecule has 0 atom stereocenters. The summed E-state index contributed by atoms with van der Waals surface area (Å²) in [4.78, 5) is 28.0. The number of halogens is 2. The van der Waals surface area contributed by atoms with Crippen LogP contribution in [0.1, 0.15) is 20.7 Å². The van der Waals surface area contributed by atoms with Crippen molar-refractivity contribution in [1.29, 1.82) is 0 Å². The van der Waals surface area contributed by atoms with Gasteiger partial charge in [-0.05, 0) is 36.4 Å². The van der Waals surface area contributed by atoms with Gasteiger partial charge in [0, 0.05) is 18.0 Å². The third kappa shape index (κ3) is 4.47. The number of hydrogen-bond donors (Lipinski definition) is 2. The van der Waals surface area contributed by atoms with Gasteiger partial charge < -0.3 is 15.4 Å².